The van der Waals surface area contributed by atoms with Crippen LogP contribution < -0.4 is 20.1 Å². The molecule has 1 aromatic heterocycles. The third-order valence-corrected chi connectivity index (χ3v) is 6.44. The molecule has 0 fully saturated rings. The lowest BCUT2D eigenvalue weighted by atomic mass is 9.84. The second-order valence-corrected chi connectivity index (χ2v) is 10.5. The summed E-state index contributed by atoms with van der Waals surface area (Å²) in [4.78, 5) is 42.8. The lowest BCUT2D eigenvalue weighted by molar-refractivity contribution is -0.123. The van der Waals surface area contributed by atoms with Crippen LogP contribution in [-0.2, 0) is 9.53 Å². The SMILES string of the molecule is COc1ccnc(C(=O)N[C@@H](C)C(=O)N[C@@H](C)C(c2cccc(C)c2)c2cccc(C)c2)c1OC(=O)OCC(C)C. The van der Waals surface area contributed by atoms with Gasteiger partial charge in [-0.1, -0.05) is 73.5 Å². The summed E-state index contributed by atoms with van der Waals surface area (Å²) in [7, 11) is 1.37. The van der Waals surface area contributed by atoms with E-state index in [4.69, 9.17) is 14.2 Å². The predicted molar refractivity (Wildman–Crippen MR) is 156 cm³/mol. The van der Waals surface area contributed by atoms with Gasteiger partial charge in [0.25, 0.3) is 5.91 Å². The molecule has 2 atom stereocenters. The van der Waals surface area contributed by atoms with Crippen molar-refractivity contribution in [3.63, 3.8) is 0 Å². The number of amides is 2. The van der Waals surface area contributed by atoms with E-state index in [0.717, 1.165) is 22.3 Å². The van der Waals surface area contributed by atoms with Crippen LogP contribution in [0.25, 0.3) is 0 Å². The summed E-state index contributed by atoms with van der Waals surface area (Å²) in [6.45, 7) is 11.5. The van der Waals surface area contributed by atoms with Crippen LogP contribution in [0.3, 0.4) is 0 Å². The van der Waals surface area contributed by atoms with Gasteiger partial charge in [-0.2, -0.15) is 0 Å². The average molecular weight is 562 g/mol. The molecule has 3 aromatic rings. The van der Waals surface area contributed by atoms with Crippen LogP contribution >= 0.6 is 0 Å². The number of nitrogens with one attached hydrogen (secondary N) is 2. The molecule has 2 amide bonds. The highest BCUT2D eigenvalue weighted by atomic mass is 16.7. The molecular formula is C32H39N3O6. The molecule has 2 aromatic carbocycles. The zero-order valence-corrected chi connectivity index (χ0v) is 24.7. The Morgan fingerprint density at radius 2 is 1.49 bits per heavy atom. The molecule has 9 heteroatoms. The monoisotopic (exact) mass is 561 g/mol. The van der Waals surface area contributed by atoms with Crippen molar-refractivity contribution in [2.24, 2.45) is 5.92 Å². The number of pyridine rings is 1. The summed E-state index contributed by atoms with van der Waals surface area (Å²) in [5.74, 6) is -1.17. The number of methoxy groups -OCH3 is 1. The third kappa shape index (κ3) is 8.54. The van der Waals surface area contributed by atoms with E-state index in [1.807, 2.05) is 58.9 Å². The zero-order valence-electron chi connectivity index (χ0n) is 24.7. The molecule has 3 rings (SSSR count). The minimum Gasteiger partial charge on any atom is -0.493 e. The number of nitrogens with zero attached hydrogens (tertiary/aromatic N) is 1. The summed E-state index contributed by atoms with van der Waals surface area (Å²) in [6.07, 6.45) is 0.359. The fourth-order valence-corrected chi connectivity index (χ4v) is 4.46. The molecular weight excluding hydrogens is 522 g/mol. The van der Waals surface area contributed by atoms with E-state index in [9.17, 15) is 14.4 Å². The first kappa shape index (κ1) is 31.1. The molecule has 41 heavy (non-hydrogen) atoms. The normalized spacial score (nSPS) is 12.4. The van der Waals surface area contributed by atoms with Crippen molar-refractivity contribution in [2.45, 2.75) is 59.5 Å². The van der Waals surface area contributed by atoms with Crippen molar-refractivity contribution in [3.05, 3.63) is 88.7 Å². The number of aryl methyl sites for hydroxylation is 2. The number of carbonyl (C=O) groups excluding carboxylic acids is 3. The summed E-state index contributed by atoms with van der Waals surface area (Å²) in [5, 5.41) is 5.72. The maximum Gasteiger partial charge on any atom is 0.514 e. The Kier molecular flexibility index (Phi) is 10.9. The fraction of sp³-hybridized carbons (Fsp3) is 0.375. The van der Waals surface area contributed by atoms with Gasteiger partial charge in [-0.25, -0.2) is 9.78 Å². The standard InChI is InChI=1S/C32H39N3O6/c1-19(2)18-40-32(38)41-29-26(39-7)14-15-33-28(29)31(37)35-23(6)30(36)34-22(5)27(24-12-8-10-20(3)16-24)25-13-9-11-21(4)17-25/h8-17,19,22-23,27H,18H2,1-7H3,(H,34,36)(H,35,37)/t22-,23-/m0/s1. The fourth-order valence-electron chi connectivity index (χ4n) is 4.46. The van der Waals surface area contributed by atoms with Gasteiger partial charge in [-0.15, -0.1) is 0 Å². The average Bonchev–Trinajstić information content (AvgIpc) is 2.92. The van der Waals surface area contributed by atoms with E-state index in [-0.39, 0.29) is 47.6 Å². The van der Waals surface area contributed by atoms with Crippen molar-refractivity contribution in [2.75, 3.05) is 13.7 Å². The second kappa shape index (κ2) is 14.3. The minimum absolute atomic E-state index is 0.0966. The van der Waals surface area contributed by atoms with Crippen LogP contribution in [0.4, 0.5) is 4.79 Å². The van der Waals surface area contributed by atoms with Gasteiger partial charge in [-0.3, -0.25) is 9.59 Å². The lowest BCUT2D eigenvalue weighted by Crippen LogP contribution is -2.49. The number of carbonyl (C=O) groups is 3. The highest BCUT2D eigenvalue weighted by Gasteiger charge is 2.28. The van der Waals surface area contributed by atoms with E-state index in [0.29, 0.717) is 0 Å². The van der Waals surface area contributed by atoms with E-state index >= 15 is 0 Å². The van der Waals surface area contributed by atoms with Crippen LogP contribution in [0.1, 0.15) is 66.4 Å². The Morgan fingerprint density at radius 1 is 0.878 bits per heavy atom. The Balaban J connectivity index is 1.77. The first-order chi connectivity index (χ1) is 19.5. The molecule has 0 aliphatic carbocycles. The van der Waals surface area contributed by atoms with Crippen LogP contribution in [-0.4, -0.2) is 48.8 Å². The molecule has 0 spiro atoms. The first-order valence-corrected chi connectivity index (χ1v) is 13.6. The van der Waals surface area contributed by atoms with Gasteiger partial charge < -0.3 is 24.8 Å². The molecule has 0 bridgehead atoms. The van der Waals surface area contributed by atoms with Crippen LogP contribution in [0.15, 0.2) is 60.8 Å². The number of rotatable bonds is 11. The smallest absolute Gasteiger partial charge is 0.493 e. The molecule has 0 unspecified atom stereocenters. The van der Waals surface area contributed by atoms with Crippen molar-refractivity contribution < 1.29 is 28.6 Å². The molecule has 0 radical (unpaired) electrons. The minimum atomic E-state index is -0.989. The molecule has 218 valence electrons. The zero-order chi connectivity index (χ0) is 30.1. The van der Waals surface area contributed by atoms with E-state index in [2.05, 4.69) is 39.9 Å². The second-order valence-electron chi connectivity index (χ2n) is 10.5. The lowest BCUT2D eigenvalue weighted by Gasteiger charge is -2.28. The Morgan fingerprint density at radius 3 is 2.02 bits per heavy atom. The molecule has 0 saturated heterocycles. The number of benzene rings is 2. The van der Waals surface area contributed by atoms with Crippen molar-refractivity contribution in [1.29, 1.82) is 0 Å². The summed E-state index contributed by atoms with van der Waals surface area (Å²) in [5.41, 5.74) is 4.18. The van der Waals surface area contributed by atoms with Crippen molar-refractivity contribution >= 4 is 18.0 Å². The molecule has 2 N–H and O–H groups in total. The third-order valence-electron chi connectivity index (χ3n) is 6.44. The number of hydrogen-bond acceptors (Lipinski definition) is 7. The van der Waals surface area contributed by atoms with Crippen LogP contribution in [0.2, 0.25) is 0 Å². The molecule has 0 aliphatic heterocycles. The first-order valence-electron chi connectivity index (χ1n) is 13.6. The highest BCUT2D eigenvalue weighted by Crippen LogP contribution is 2.31. The largest absolute Gasteiger partial charge is 0.514 e. The van der Waals surface area contributed by atoms with Crippen molar-refractivity contribution in [3.8, 4) is 11.5 Å². The van der Waals surface area contributed by atoms with Gasteiger partial charge in [-0.05, 0) is 44.7 Å². The van der Waals surface area contributed by atoms with Gasteiger partial charge in [0.15, 0.2) is 11.4 Å². The predicted octanol–water partition coefficient (Wildman–Crippen LogP) is 5.33. The Bertz CT molecular complexity index is 1330. The molecule has 0 saturated carbocycles. The molecule has 1 heterocycles. The number of ether oxygens (including phenoxy) is 3. The maximum absolute atomic E-state index is 13.3. The topological polar surface area (TPSA) is 116 Å². The summed E-state index contributed by atoms with van der Waals surface area (Å²) < 4.78 is 15.6. The summed E-state index contributed by atoms with van der Waals surface area (Å²) >= 11 is 0. The maximum atomic E-state index is 13.3. The van der Waals surface area contributed by atoms with Gasteiger partial charge in [0, 0.05) is 24.2 Å². The van der Waals surface area contributed by atoms with E-state index in [1.165, 1.54) is 19.4 Å². The van der Waals surface area contributed by atoms with Gasteiger partial charge in [0.05, 0.1) is 13.7 Å². The highest BCUT2D eigenvalue weighted by molar-refractivity contribution is 5.99. The van der Waals surface area contributed by atoms with E-state index in [1.54, 1.807) is 6.92 Å². The molecule has 0 aliphatic rings. The summed E-state index contributed by atoms with van der Waals surface area (Å²) in [6, 6.07) is 16.6. The quantitative estimate of drug-likeness (QED) is 0.304. The Labute approximate surface area is 241 Å². The van der Waals surface area contributed by atoms with Gasteiger partial charge in [0.1, 0.15) is 6.04 Å². The van der Waals surface area contributed by atoms with Gasteiger partial charge in [0.2, 0.25) is 11.7 Å². The molecule has 9 nitrogen and oxygen atoms in total. The van der Waals surface area contributed by atoms with Crippen molar-refractivity contribution in [1.82, 2.24) is 15.6 Å². The van der Waals surface area contributed by atoms with Crippen LogP contribution in [0.5, 0.6) is 11.5 Å². The van der Waals surface area contributed by atoms with Gasteiger partial charge >= 0.3 is 6.16 Å². The number of aromatic nitrogens is 1. The van der Waals surface area contributed by atoms with Crippen LogP contribution in [0, 0.1) is 19.8 Å². The Hall–Kier alpha value is -4.40. The van der Waals surface area contributed by atoms with E-state index < -0.39 is 18.1 Å². The number of hydrogen-bond donors (Lipinski definition) is 2.